The number of ketones is 2. The lowest BCUT2D eigenvalue weighted by Crippen LogP contribution is -2.47. The minimum Gasteiger partial charge on any atom is -0.481 e. The number of Topliss-reactive ketones (excluding diaryl/α,β-unsaturated/α-hetero) is 2. The molecule has 0 spiro atoms. The molecule has 4 fully saturated rings. The predicted octanol–water partition coefficient (Wildman–Crippen LogP) is 5.47. The molecule has 5 rings (SSSR count). The van der Waals surface area contributed by atoms with Crippen LogP contribution in [0.3, 0.4) is 0 Å². The Morgan fingerprint density at radius 3 is 1.98 bits per heavy atom. The highest BCUT2D eigenvalue weighted by atomic mass is 16.7. The molecule has 0 bridgehead atoms. The van der Waals surface area contributed by atoms with E-state index in [1.807, 2.05) is 6.92 Å². The van der Waals surface area contributed by atoms with Crippen LogP contribution in [0.5, 0.6) is 0 Å². The smallest absolute Gasteiger partial charge is 0.346 e. The van der Waals surface area contributed by atoms with Crippen LogP contribution in [0.4, 0.5) is 0 Å². The molecule has 0 saturated heterocycles. The number of carboxylic acids is 1. The summed E-state index contributed by atoms with van der Waals surface area (Å²) in [5.41, 5.74) is 4.80. The van der Waals surface area contributed by atoms with Gasteiger partial charge in [0.2, 0.25) is 0 Å². The molecule has 5 atom stereocenters. The second kappa shape index (κ2) is 18.4. The number of carboxylic acid groups (broad SMARTS) is 1. The van der Waals surface area contributed by atoms with E-state index in [0.717, 1.165) is 82.8 Å². The van der Waals surface area contributed by atoms with E-state index in [9.17, 15) is 28.8 Å². The fraction of sp³-hybridized carbons (Fsp3) is 0.800. The first-order valence-electron chi connectivity index (χ1n) is 17.3. The number of hydrogen-bond donors (Lipinski definition) is 2. The molecule has 0 aromatic rings. The molecule has 4 aliphatic carbocycles. The molecule has 3 N–H and O–H groups in total. The Hall–Kier alpha value is -3.15. The van der Waals surface area contributed by atoms with E-state index in [1.54, 1.807) is 27.7 Å². The molecule has 5 aliphatic rings. The van der Waals surface area contributed by atoms with Crippen LogP contribution < -0.4 is 5.73 Å². The van der Waals surface area contributed by atoms with Crippen molar-refractivity contribution in [3.8, 4) is 0 Å². The summed E-state index contributed by atoms with van der Waals surface area (Å²) in [7, 11) is 0. The summed E-state index contributed by atoms with van der Waals surface area (Å²) in [6.07, 6.45) is 13.9. The van der Waals surface area contributed by atoms with Crippen LogP contribution in [0.2, 0.25) is 0 Å². The van der Waals surface area contributed by atoms with Gasteiger partial charge in [0.25, 0.3) is 0 Å². The maximum atomic E-state index is 11.5. The number of hydrogen-bond acceptors (Lipinski definition) is 11. The molecule has 1 heterocycles. The zero-order valence-electron chi connectivity index (χ0n) is 29.0. The van der Waals surface area contributed by atoms with E-state index < -0.39 is 22.7 Å². The number of oxime groups is 1. The molecule has 12 heteroatoms. The van der Waals surface area contributed by atoms with Crippen molar-refractivity contribution in [1.82, 2.24) is 0 Å². The van der Waals surface area contributed by atoms with Crippen molar-refractivity contribution < 1.29 is 48.2 Å². The van der Waals surface area contributed by atoms with E-state index in [1.165, 1.54) is 0 Å². The molecule has 3 unspecified atom stereocenters. The monoisotopic (exact) mass is 664 g/mol. The van der Waals surface area contributed by atoms with Crippen molar-refractivity contribution in [1.29, 1.82) is 0 Å². The Morgan fingerprint density at radius 1 is 0.830 bits per heavy atom. The molecule has 12 nitrogen and oxygen atoms in total. The van der Waals surface area contributed by atoms with E-state index >= 15 is 0 Å². The summed E-state index contributed by atoms with van der Waals surface area (Å²) < 4.78 is 9.69. The van der Waals surface area contributed by atoms with Gasteiger partial charge in [-0.05, 0) is 92.4 Å². The molecule has 0 amide bonds. The minimum absolute atomic E-state index is 0.0391. The van der Waals surface area contributed by atoms with Gasteiger partial charge in [-0.15, -0.1) is 0 Å². The van der Waals surface area contributed by atoms with Crippen molar-refractivity contribution in [2.45, 2.75) is 143 Å². The maximum Gasteiger partial charge on any atom is 0.346 e. The number of carbonyl (C=O) groups is 6. The van der Waals surface area contributed by atoms with Gasteiger partial charge in [-0.1, -0.05) is 37.3 Å². The molecule has 1 aliphatic heterocycles. The fourth-order valence-corrected chi connectivity index (χ4v) is 6.54. The normalized spacial score (nSPS) is 31.4. The summed E-state index contributed by atoms with van der Waals surface area (Å²) >= 11 is 0. The number of aliphatic carboxylic acids is 1. The Balaban J connectivity index is 0.000000218. The zero-order valence-corrected chi connectivity index (χ0v) is 29.0. The van der Waals surface area contributed by atoms with Crippen LogP contribution in [0.1, 0.15) is 137 Å². The number of nitrogens with two attached hydrogens (primary N) is 1. The fourth-order valence-electron chi connectivity index (χ4n) is 6.54. The largest absolute Gasteiger partial charge is 0.481 e. The van der Waals surface area contributed by atoms with Gasteiger partial charge in [0.15, 0.2) is 0 Å². The van der Waals surface area contributed by atoms with Crippen molar-refractivity contribution in [2.24, 2.45) is 33.1 Å². The highest BCUT2D eigenvalue weighted by Gasteiger charge is 2.46. The van der Waals surface area contributed by atoms with E-state index in [2.05, 4.69) is 9.99 Å². The van der Waals surface area contributed by atoms with Crippen LogP contribution in [0.15, 0.2) is 5.16 Å². The van der Waals surface area contributed by atoms with Crippen molar-refractivity contribution in [3.05, 3.63) is 0 Å². The van der Waals surface area contributed by atoms with Gasteiger partial charge in [-0.25, -0.2) is 4.79 Å². The summed E-state index contributed by atoms with van der Waals surface area (Å²) in [4.78, 5) is 72.0. The summed E-state index contributed by atoms with van der Waals surface area (Å²) in [6.45, 7) is 9.61. The Bertz CT molecular complexity index is 1170. The van der Waals surface area contributed by atoms with Gasteiger partial charge in [-0.3, -0.25) is 24.0 Å². The highest BCUT2D eigenvalue weighted by molar-refractivity contribution is 6.09. The molecule has 266 valence electrons. The summed E-state index contributed by atoms with van der Waals surface area (Å²) in [6, 6.07) is -0.159. The van der Waals surface area contributed by atoms with Crippen LogP contribution in [0.25, 0.3) is 0 Å². The Kier molecular flexibility index (Phi) is 15.7. The predicted molar refractivity (Wildman–Crippen MR) is 174 cm³/mol. The SMILES string of the molecule is CC12CCCCC1=NOC2=O.CCOC(=O)C1(C)CCCCC1=O.CCOC(=O)C1CCCCC1=O.C[C@@]1(C(=O)O)CCCC[C@@H]1N. The first-order chi connectivity index (χ1) is 22.2. The lowest BCUT2D eigenvalue weighted by atomic mass is 9.72. The maximum absolute atomic E-state index is 11.5. The second-order valence-electron chi connectivity index (χ2n) is 13.7. The average Bonchev–Trinajstić information content (AvgIpc) is 3.35. The Labute approximate surface area is 278 Å². The van der Waals surface area contributed by atoms with E-state index in [-0.39, 0.29) is 40.9 Å². The van der Waals surface area contributed by atoms with Gasteiger partial charge < -0.3 is 25.2 Å². The molecule has 0 aromatic heterocycles. The standard InChI is InChI=1S/C10H16O3.C9H14O3.C8H11NO2.C8H15NO2/c1-3-13-9(12)10(2)7-5-4-6-8(10)11;1-2-12-9(11)7-5-3-4-6-8(7)10;1-8-5-3-2-4-6(8)9-11-7(8)10;1-8(7(10)11)5-3-2-4-6(8)9/h3-7H2,1-2H3;7H,2-6H2,1H3;2-5H2,1H3;6H,2-5,9H2,1H3,(H,10,11)/t;;;6-,8+/m...0/s1. The van der Waals surface area contributed by atoms with Crippen LogP contribution >= 0.6 is 0 Å². The number of ether oxygens (including phenoxy) is 2. The van der Waals surface area contributed by atoms with Crippen LogP contribution in [0, 0.1) is 22.2 Å². The number of fused-ring (bicyclic) bond motifs is 1. The number of rotatable bonds is 5. The third-order valence-corrected chi connectivity index (χ3v) is 10.2. The highest BCUT2D eigenvalue weighted by Crippen LogP contribution is 2.38. The summed E-state index contributed by atoms with van der Waals surface area (Å²) in [5, 5.41) is 12.7. The third kappa shape index (κ3) is 10.4. The third-order valence-electron chi connectivity index (χ3n) is 10.2. The molecule has 4 saturated carbocycles. The lowest BCUT2D eigenvalue weighted by molar-refractivity contribution is -0.161. The first-order valence-corrected chi connectivity index (χ1v) is 17.3. The Morgan fingerprint density at radius 2 is 1.43 bits per heavy atom. The van der Waals surface area contributed by atoms with Crippen molar-refractivity contribution >= 4 is 41.2 Å². The van der Waals surface area contributed by atoms with E-state index in [4.69, 9.17) is 20.3 Å². The van der Waals surface area contributed by atoms with Gasteiger partial charge in [-0.2, -0.15) is 0 Å². The quantitative estimate of drug-likeness (QED) is 0.215. The minimum atomic E-state index is -0.853. The van der Waals surface area contributed by atoms with Crippen LogP contribution in [-0.4, -0.2) is 65.5 Å². The zero-order chi connectivity index (χ0) is 35.3. The number of nitrogens with zero attached hydrogens (tertiary/aromatic N) is 1. The molecular weight excluding hydrogens is 608 g/mol. The van der Waals surface area contributed by atoms with Gasteiger partial charge in [0.1, 0.15) is 28.3 Å². The number of carbonyl (C=O) groups excluding carboxylic acids is 5. The van der Waals surface area contributed by atoms with E-state index in [0.29, 0.717) is 38.9 Å². The summed E-state index contributed by atoms with van der Waals surface area (Å²) in [5.74, 6) is -1.95. The second-order valence-corrected chi connectivity index (χ2v) is 13.7. The molecular formula is C35H56N2O10. The lowest BCUT2D eigenvalue weighted by Gasteiger charge is -2.35. The van der Waals surface area contributed by atoms with Gasteiger partial charge in [0, 0.05) is 18.9 Å². The molecule has 0 aromatic carbocycles. The molecule has 0 radical (unpaired) electrons. The number of esters is 2. The van der Waals surface area contributed by atoms with Crippen LogP contribution in [-0.2, 0) is 43.1 Å². The first kappa shape index (κ1) is 40.0. The van der Waals surface area contributed by atoms with Crippen molar-refractivity contribution in [2.75, 3.05) is 13.2 Å². The molecule has 47 heavy (non-hydrogen) atoms. The topological polar surface area (TPSA) is 189 Å². The van der Waals surface area contributed by atoms with Crippen molar-refractivity contribution in [3.63, 3.8) is 0 Å². The average molecular weight is 665 g/mol. The van der Waals surface area contributed by atoms with Gasteiger partial charge >= 0.3 is 23.9 Å². The van der Waals surface area contributed by atoms with Gasteiger partial charge in [0.05, 0.1) is 24.3 Å².